The molecule has 0 N–H and O–H groups in total. The van der Waals surface area contributed by atoms with Crippen LogP contribution >= 0.6 is 0 Å². The second-order valence-electron chi connectivity index (χ2n) is 6.74. The molecule has 1 aliphatic heterocycles. The van der Waals surface area contributed by atoms with Crippen LogP contribution in [0.4, 0.5) is 0 Å². The van der Waals surface area contributed by atoms with E-state index in [2.05, 4.69) is 19.6 Å². The Morgan fingerprint density at radius 1 is 1.27 bits per heavy atom. The number of benzene rings is 1. The summed E-state index contributed by atoms with van der Waals surface area (Å²) in [5.74, 6) is 0.860. The molecule has 1 aromatic carbocycles. The maximum Gasteiger partial charge on any atom is 0.118 e. The van der Waals surface area contributed by atoms with E-state index in [0.717, 1.165) is 37.0 Å². The first-order valence-electron chi connectivity index (χ1n) is 9.32. The fourth-order valence-corrected chi connectivity index (χ4v) is 3.12. The molecule has 1 heterocycles. The molecule has 144 valence electrons. The van der Waals surface area contributed by atoms with Gasteiger partial charge in [-0.15, -0.1) is 6.58 Å². The van der Waals surface area contributed by atoms with Crippen molar-refractivity contribution in [1.82, 2.24) is 0 Å². The van der Waals surface area contributed by atoms with Crippen LogP contribution < -0.4 is 4.74 Å². The minimum absolute atomic E-state index is 0.125. The molecule has 2 rings (SSSR count). The maximum absolute atomic E-state index is 6.20. The SMILES string of the molecule is C=CC[C@@H]1CC=C(C)[C@@H](C[C@H](CCOCc2ccc(OC)cc2)OC)O1. The fourth-order valence-electron chi connectivity index (χ4n) is 3.12. The highest BCUT2D eigenvalue weighted by Gasteiger charge is 2.24. The molecule has 1 aromatic rings. The van der Waals surface area contributed by atoms with Gasteiger partial charge in [-0.1, -0.05) is 24.3 Å². The molecule has 0 spiro atoms. The third kappa shape index (κ3) is 6.60. The van der Waals surface area contributed by atoms with Crippen LogP contribution in [0.5, 0.6) is 5.75 Å². The molecule has 0 fully saturated rings. The van der Waals surface area contributed by atoms with Gasteiger partial charge in [-0.05, 0) is 49.5 Å². The van der Waals surface area contributed by atoms with Crippen LogP contribution in [0.15, 0.2) is 48.6 Å². The lowest BCUT2D eigenvalue weighted by Crippen LogP contribution is -2.31. The Balaban J connectivity index is 1.73. The molecule has 0 aliphatic carbocycles. The lowest BCUT2D eigenvalue weighted by molar-refractivity contribution is -0.0383. The highest BCUT2D eigenvalue weighted by molar-refractivity contribution is 5.26. The fraction of sp³-hybridized carbons (Fsp3) is 0.545. The van der Waals surface area contributed by atoms with Crippen molar-refractivity contribution in [2.75, 3.05) is 20.8 Å². The molecular formula is C22H32O4. The Labute approximate surface area is 157 Å². The van der Waals surface area contributed by atoms with E-state index in [1.807, 2.05) is 30.3 Å². The lowest BCUT2D eigenvalue weighted by atomic mass is 9.97. The summed E-state index contributed by atoms with van der Waals surface area (Å²) >= 11 is 0. The van der Waals surface area contributed by atoms with Gasteiger partial charge in [0.15, 0.2) is 0 Å². The van der Waals surface area contributed by atoms with Gasteiger partial charge >= 0.3 is 0 Å². The first kappa shape index (κ1) is 20.7. The predicted octanol–water partition coefficient (Wildman–Crippen LogP) is 4.69. The largest absolute Gasteiger partial charge is 0.497 e. The average Bonchev–Trinajstić information content (AvgIpc) is 2.67. The number of methoxy groups -OCH3 is 2. The first-order chi connectivity index (χ1) is 12.7. The van der Waals surface area contributed by atoms with Gasteiger partial charge in [0.25, 0.3) is 0 Å². The van der Waals surface area contributed by atoms with Crippen molar-refractivity contribution >= 4 is 0 Å². The maximum atomic E-state index is 6.20. The van der Waals surface area contributed by atoms with E-state index in [4.69, 9.17) is 18.9 Å². The van der Waals surface area contributed by atoms with Crippen LogP contribution in [0.3, 0.4) is 0 Å². The lowest BCUT2D eigenvalue weighted by Gasteiger charge is -2.31. The second kappa shape index (κ2) is 11.2. The highest BCUT2D eigenvalue weighted by atomic mass is 16.5. The molecule has 26 heavy (non-hydrogen) atoms. The van der Waals surface area contributed by atoms with E-state index in [1.165, 1.54) is 5.57 Å². The summed E-state index contributed by atoms with van der Waals surface area (Å²) in [4.78, 5) is 0. The van der Waals surface area contributed by atoms with Crippen molar-refractivity contribution in [2.24, 2.45) is 0 Å². The third-order valence-corrected chi connectivity index (χ3v) is 4.82. The van der Waals surface area contributed by atoms with E-state index < -0.39 is 0 Å². The van der Waals surface area contributed by atoms with Gasteiger partial charge in [0.05, 0.1) is 32.0 Å². The first-order valence-corrected chi connectivity index (χ1v) is 9.32. The molecule has 0 saturated heterocycles. The van der Waals surface area contributed by atoms with Crippen molar-refractivity contribution in [3.8, 4) is 5.75 Å². The van der Waals surface area contributed by atoms with Gasteiger partial charge in [0.2, 0.25) is 0 Å². The van der Waals surface area contributed by atoms with Gasteiger partial charge in [-0.25, -0.2) is 0 Å². The summed E-state index contributed by atoms with van der Waals surface area (Å²) in [6.07, 6.45) is 8.28. The zero-order valence-corrected chi connectivity index (χ0v) is 16.3. The van der Waals surface area contributed by atoms with Gasteiger partial charge in [-0.3, -0.25) is 0 Å². The Bertz CT molecular complexity index is 564. The van der Waals surface area contributed by atoms with Gasteiger partial charge in [0, 0.05) is 20.1 Å². The molecule has 4 nitrogen and oxygen atoms in total. The topological polar surface area (TPSA) is 36.9 Å². The Morgan fingerprint density at radius 2 is 2.04 bits per heavy atom. The molecule has 0 aromatic heterocycles. The van der Waals surface area contributed by atoms with Crippen molar-refractivity contribution in [1.29, 1.82) is 0 Å². The summed E-state index contributed by atoms with van der Waals surface area (Å²) in [6.45, 7) is 7.21. The summed E-state index contributed by atoms with van der Waals surface area (Å²) < 4.78 is 22.8. The minimum atomic E-state index is 0.125. The molecule has 4 heteroatoms. The molecule has 0 bridgehead atoms. The van der Waals surface area contributed by atoms with E-state index in [-0.39, 0.29) is 18.3 Å². The second-order valence-corrected chi connectivity index (χ2v) is 6.74. The number of rotatable bonds is 11. The van der Waals surface area contributed by atoms with Gasteiger partial charge < -0.3 is 18.9 Å². The number of ether oxygens (including phenoxy) is 4. The van der Waals surface area contributed by atoms with Crippen molar-refractivity contribution in [2.45, 2.75) is 57.5 Å². The summed E-state index contributed by atoms with van der Waals surface area (Å²) in [7, 11) is 3.43. The third-order valence-electron chi connectivity index (χ3n) is 4.82. The average molecular weight is 360 g/mol. The normalized spacial score (nSPS) is 21.1. The van der Waals surface area contributed by atoms with Crippen LogP contribution in [0.25, 0.3) is 0 Å². The molecule has 0 unspecified atom stereocenters. The zero-order valence-electron chi connectivity index (χ0n) is 16.3. The highest BCUT2D eigenvalue weighted by Crippen LogP contribution is 2.25. The molecule has 0 saturated carbocycles. The van der Waals surface area contributed by atoms with Crippen LogP contribution in [-0.4, -0.2) is 39.1 Å². The smallest absolute Gasteiger partial charge is 0.118 e. The molecule has 0 radical (unpaired) electrons. The predicted molar refractivity (Wildman–Crippen MR) is 105 cm³/mol. The van der Waals surface area contributed by atoms with Crippen LogP contribution in [0, 0.1) is 0 Å². The molecule has 1 aliphatic rings. The van der Waals surface area contributed by atoms with Gasteiger partial charge in [0.1, 0.15) is 5.75 Å². The molecule has 0 amide bonds. The zero-order chi connectivity index (χ0) is 18.8. The van der Waals surface area contributed by atoms with E-state index in [1.54, 1.807) is 14.2 Å². The van der Waals surface area contributed by atoms with E-state index >= 15 is 0 Å². The van der Waals surface area contributed by atoms with E-state index in [0.29, 0.717) is 13.2 Å². The standard InChI is InChI=1S/C22H32O4/c1-5-6-20-10-7-17(2)22(26-20)15-21(24-4)13-14-25-16-18-8-11-19(23-3)12-9-18/h5,7-9,11-12,20-22H,1,6,10,13-16H2,2-4H3/t20-,21+,22-/m1/s1. The van der Waals surface area contributed by atoms with Crippen molar-refractivity contribution in [3.63, 3.8) is 0 Å². The van der Waals surface area contributed by atoms with Crippen LogP contribution in [0.1, 0.15) is 38.2 Å². The minimum Gasteiger partial charge on any atom is -0.497 e. The number of hydrogen-bond donors (Lipinski definition) is 0. The molecule has 3 atom stereocenters. The van der Waals surface area contributed by atoms with Gasteiger partial charge in [-0.2, -0.15) is 0 Å². The van der Waals surface area contributed by atoms with Crippen LogP contribution in [-0.2, 0) is 20.8 Å². The number of hydrogen-bond acceptors (Lipinski definition) is 4. The van der Waals surface area contributed by atoms with E-state index in [9.17, 15) is 0 Å². The van der Waals surface area contributed by atoms with Crippen molar-refractivity contribution in [3.05, 3.63) is 54.1 Å². The van der Waals surface area contributed by atoms with Crippen molar-refractivity contribution < 1.29 is 18.9 Å². The van der Waals surface area contributed by atoms with Crippen LogP contribution in [0.2, 0.25) is 0 Å². The Hall–Kier alpha value is -1.62. The quantitative estimate of drug-likeness (QED) is 0.424. The summed E-state index contributed by atoms with van der Waals surface area (Å²) in [5.41, 5.74) is 2.44. The Morgan fingerprint density at radius 3 is 2.69 bits per heavy atom. The Kier molecular flexibility index (Phi) is 8.89. The monoisotopic (exact) mass is 360 g/mol. The summed E-state index contributed by atoms with van der Waals surface area (Å²) in [6, 6.07) is 7.95. The molecular weight excluding hydrogens is 328 g/mol. The summed E-state index contributed by atoms with van der Waals surface area (Å²) in [5, 5.41) is 0.